The Bertz CT molecular complexity index is 747. The van der Waals surface area contributed by atoms with E-state index in [2.05, 4.69) is 5.32 Å². The van der Waals surface area contributed by atoms with Crippen LogP contribution in [0, 0.1) is 0 Å². The lowest BCUT2D eigenvalue weighted by Gasteiger charge is -2.34. The van der Waals surface area contributed by atoms with Gasteiger partial charge in [-0.3, -0.25) is 14.4 Å². The lowest BCUT2D eigenvalue weighted by molar-refractivity contribution is -0.140. The topological polar surface area (TPSA) is 178 Å². The number of benzene rings is 1. The SMILES string of the molecule is O=C(O)CCOCCC(COCCC(=O)O)(COCCC(=O)O)NC(=O)OCc1ccccc1. The molecule has 12 heteroatoms. The molecule has 4 N–H and O–H groups in total. The summed E-state index contributed by atoms with van der Waals surface area (Å²) in [5.74, 6) is -3.14. The molecule has 1 aromatic carbocycles. The van der Waals surface area contributed by atoms with Crippen LogP contribution in [0.1, 0.15) is 31.2 Å². The normalized spacial score (nSPS) is 11.1. The van der Waals surface area contributed by atoms with Gasteiger partial charge in [-0.2, -0.15) is 0 Å². The highest BCUT2D eigenvalue weighted by molar-refractivity contribution is 5.68. The maximum Gasteiger partial charge on any atom is 0.408 e. The Kier molecular flexibility index (Phi) is 13.9. The van der Waals surface area contributed by atoms with Crippen molar-refractivity contribution in [3.8, 4) is 0 Å². The minimum absolute atomic E-state index is 0.00237. The van der Waals surface area contributed by atoms with E-state index in [9.17, 15) is 19.2 Å². The van der Waals surface area contributed by atoms with E-state index in [1.807, 2.05) is 6.07 Å². The number of rotatable bonds is 19. The summed E-state index contributed by atoms with van der Waals surface area (Å²) in [6.45, 7) is -0.635. The van der Waals surface area contributed by atoms with Crippen molar-refractivity contribution in [1.29, 1.82) is 0 Å². The number of carbonyl (C=O) groups excluding carboxylic acids is 1. The van der Waals surface area contributed by atoms with Crippen molar-refractivity contribution in [2.75, 3.05) is 39.6 Å². The summed E-state index contributed by atoms with van der Waals surface area (Å²) >= 11 is 0. The van der Waals surface area contributed by atoms with Gasteiger partial charge in [0.1, 0.15) is 6.61 Å². The van der Waals surface area contributed by atoms with Crippen molar-refractivity contribution in [2.24, 2.45) is 0 Å². The Balaban J connectivity index is 2.83. The molecule has 0 unspecified atom stereocenters. The zero-order valence-electron chi connectivity index (χ0n) is 18.8. The number of aliphatic carboxylic acids is 3. The van der Waals surface area contributed by atoms with Crippen molar-refractivity contribution in [3.05, 3.63) is 35.9 Å². The molecule has 0 fully saturated rings. The number of nitrogens with one attached hydrogen (secondary N) is 1. The van der Waals surface area contributed by atoms with E-state index >= 15 is 0 Å². The Hall–Kier alpha value is -3.22. The monoisotopic (exact) mass is 485 g/mol. The lowest BCUT2D eigenvalue weighted by atomic mass is 9.97. The molecule has 0 spiro atoms. The molecule has 0 radical (unpaired) electrons. The molecule has 34 heavy (non-hydrogen) atoms. The van der Waals surface area contributed by atoms with Gasteiger partial charge in [0.2, 0.25) is 0 Å². The summed E-state index contributed by atoms with van der Waals surface area (Å²) in [6.07, 6.45) is -1.41. The summed E-state index contributed by atoms with van der Waals surface area (Å²) in [5.41, 5.74) is -0.482. The van der Waals surface area contributed by atoms with Crippen LogP contribution in [-0.4, -0.2) is 84.5 Å². The highest BCUT2D eigenvalue weighted by atomic mass is 16.6. The fraction of sp³-hybridized carbons (Fsp3) is 0.545. The fourth-order valence-corrected chi connectivity index (χ4v) is 2.68. The van der Waals surface area contributed by atoms with Gasteiger partial charge in [-0.1, -0.05) is 30.3 Å². The predicted molar refractivity (Wildman–Crippen MR) is 116 cm³/mol. The molecule has 0 saturated heterocycles. The van der Waals surface area contributed by atoms with Crippen molar-refractivity contribution >= 4 is 24.0 Å². The van der Waals surface area contributed by atoms with Crippen LogP contribution in [0.3, 0.4) is 0 Å². The van der Waals surface area contributed by atoms with Crippen molar-refractivity contribution < 1.29 is 53.4 Å². The summed E-state index contributed by atoms with van der Waals surface area (Å²) < 4.78 is 21.5. The predicted octanol–water partition coefficient (Wildman–Crippen LogP) is 1.52. The fourth-order valence-electron chi connectivity index (χ4n) is 2.68. The molecule has 1 rings (SSSR count). The average Bonchev–Trinajstić information content (AvgIpc) is 2.78. The first-order valence-electron chi connectivity index (χ1n) is 10.6. The smallest absolute Gasteiger partial charge is 0.408 e. The second kappa shape index (κ2) is 16.4. The van der Waals surface area contributed by atoms with Gasteiger partial charge in [0, 0.05) is 6.61 Å². The minimum atomic E-state index is -1.24. The molecule has 0 aliphatic rings. The summed E-state index contributed by atoms with van der Waals surface area (Å²) in [5, 5.41) is 29.0. The number of hydrogen-bond acceptors (Lipinski definition) is 8. The van der Waals surface area contributed by atoms with Crippen molar-refractivity contribution in [3.63, 3.8) is 0 Å². The van der Waals surface area contributed by atoms with E-state index in [1.165, 1.54) is 0 Å². The van der Waals surface area contributed by atoms with E-state index in [1.54, 1.807) is 24.3 Å². The second-order valence-electron chi connectivity index (χ2n) is 7.37. The molecule has 0 aliphatic carbocycles. The minimum Gasteiger partial charge on any atom is -0.481 e. The highest BCUT2D eigenvalue weighted by Crippen LogP contribution is 2.15. The molecular formula is C22H31NO11. The molecule has 0 bridgehead atoms. The van der Waals surface area contributed by atoms with Crippen LogP contribution < -0.4 is 5.32 Å². The van der Waals surface area contributed by atoms with E-state index in [4.69, 9.17) is 34.3 Å². The summed E-state index contributed by atoms with van der Waals surface area (Å²) in [7, 11) is 0. The van der Waals surface area contributed by atoms with Crippen molar-refractivity contribution in [1.82, 2.24) is 5.32 Å². The molecule has 12 nitrogen and oxygen atoms in total. The molecule has 0 saturated carbocycles. The number of carboxylic acids is 3. The quantitative estimate of drug-likeness (QED) is 0.209. The number of ether oxygens (including phenoxy) is 4. The van der Waals surface area contributed by atoms with Gasteiger partial charge in [-0.25, -0.2) is 4.79 Å². The van der Waals surface area contributed by atoms with Gasteiger partial charge >= 0.3 is 24.0 Å². The summed E-state index contributed by atoms with van der Waals surface area (Å²) in [6, 6.07) is 8.97. The van der Waals surface area contributed by atoms with Gasteiger partial charge in [0.15, 0.2) is 0 Å². The van der Waals surface area contributed by atoms with Crippen LogP contribution in [-0.2, 0) is 39.9 Å². The Morgan fingerprint density at radius 2 is 1.24 bits per heavy atom. The lowest BCUT2D eigenvalue weighted by Crippen LogP contribution is -2.56. The van der Waals surface area contributed by atoms with E-state index in [0.29, 0.717) is 0 Å². The average molecular weight is 485 g/mol. The molecule has 0 aromatic heterocycles. The molecule has 1 amide bonds. The number of alkyl carbamates (subject to hydrolysis) is 1. The van der Waals surface area contributed by atoms with E-state index < -0.39 is 29.5 Å². The third-order valence-electron chi connectivity index (χ3n) is 4.44. The Morgan fingerprint density at radius 3 is 1.74 bits per heavy atom. The standard InChI is InChI=1S/C22H31NO11/c24-18(25)6-10-31-13-9-22(15-32-11-7-19(26)27,16-33-12-8-20(28)29)23-21(30)34-14-17-4-2-1-3-5-17/h1-5H,6-16H2,(H,23,30)(H,24,25)(H,26,27)(H,28,29). The molecular weight excluding hydrogens is 454 g/mol. The maximum absolute atomic E-state index is 12.5. The van der Waals surface area contributed by atoms with E-state index in [0.717, 1.165) is 5.56 Å². The van der Waals surface area contributed by atoms with Gasteiger partial charge in [-0.05, 0) is 12.0 Å². The first-order chi connectivity index (χ1) is 16.2. The number of amides is 1. The second-order valence-corrected chi connectivity index (χ2v) is 7.37. The van der Waals surface area contributed by atoms with Gasteiger partial charge < -0.3 is 39.6 Å². The number of hydrogen-bond donors (Lipinski definition) is 4. The molecule has 0 atom stereocenters. The molecule has 0 aliphatic heterocycles. The van der Waals surface area contributed by atoms with Crippen LogP contribution in [0.15, 0.2) is 30.3 Å². The first-order valence-corrected chi connectivity index (χ1v) is 10.6. The van der Waals surface area contributed by atoms with Crippen molar-refractivity contribution in [2.45, 2.75) is 37.8 Å². The third-order valence-corrected chi connectivity index (χ3v) is 4.44. The third kappa shape index (κ3) is 14.0. The zero-order chi connectivity index (χ0) is 25.2. The maximum atomic E-state index is 12.5. The number of carboxylic acid groups (broad SMARTS) is 3. The first kappa shape index (κ1) is 28.8. The molecule has 1 aromatic rings. The van der Waals surface area contributed by atoms with Crippen LogP contribution in [0.5, 0.6) is 0 Å². The van der Waals surface area contributed by atoms with Crippen LogP contribution in [0.2, 0.25) is 0 Å². The van der Waals surface area contributed by atoms with E-state index in [-0.39, 0.29) is 71.9 Å². The number of carbonyl (C=O) groups is 4. The van der Waals surface area contributed by atoms with Gasteiger partial charge in [-0.15, -0.1) is 0 Å². The van der Waals surface area contributed by atoms with Crippen LogP contribution >= 0.6 is 0 Å². The molecule has 190 valence electrons. The largest absolute Gasteiger partial charge is 0.481 e. The Morgan fingerprint density at radius 1 is 0.735 bits per heavy atom. The summed E-state index contributed by atoms with van der Waals surface area (Å²) in [4.78, 5) is 44.8. The highest BCUT2D eigenvalue weighted by Gasteiger charge is 2.34. The Labute approximate surface area is 196 Å². The van der Waals surface area contributed by atoms with Crippen LogP contribution in [0.4, 0.5) is 4.79 Å². The van der Waals surface area contributed by atoms with Crippen LogP contribution in [0.25, 0.3) is 0 Å². The zero-order valence-corrected chi connectivity index (χ0v) is 18.8. The van der Waals surface area contributed by atoms with Gasteiger partial charge in [0.25, 0.3) is 0 Å². The molecule has 0 heterocycles. The van der Waals surface area contributed by atoms with Gasteiger partial charge in [0.05, 0.1) is 57.8 Å².